The van der Waals surface area contributed by atoms with Crippen LogP contribution in [0.15, 0.2) is 24.8 Å². The molecule has 0 aliphatic rings. The van der Waals surface area contributed by atoms with Crippen LogP contribution < -0.4 is 5.32 Å². The van der Waals surface area contributed by atoms with E-state index in [-0.39, 0.29) is 24.9 Å². The number of amides is 1. The first kappa shape index (κ1) is 19.1. The highest BCUT2D eigenvalue weighted by molar-refractivity contribution is 7.14. The summed E-state index contributed by atoms with van der Waals surface area (Å²) in [5, 5.41) is 2.69. The second kappa shape index (κ2) is 9.91. The molecule has 23 heavy (non-hydrogen) atoms. The van der Waals surface area contributed by atoms with E-state index < -0.39 is 12.1 Å². The lowest BCUT2D eigenvalue weighted by atomic mass is 10.3. The fraction of sp³-hybridized carbons (Fsp3) is 0.438. The second-order valence-electron chi connectivity index (χ2n) is 4.79. The van der Waals surface area contributed by atoms with E-state index in [0.717, 1.165) is 4.88 Å². The van der Waals surface area contributed by atoms with Crippen LogP contribution in [0, 0.1) is 0 Å². The number of carbonyl (C=O) groups excluding carboxylic acids is 3. The summed E-state index contributed by atoms with van der Waals surface area (Å²) in [4.78, 5) is 35.9. The van der Waals surface area contributed by atoms with Crippen molar-refractivity contribution in [1.82, 2.24) is 5.32 Å². The maximum atomic E-state index is 12.0. The Kier molecular flexibility index (Phi) is 8.21. The summed E-state index contributed by atoms with van der Waals surface area (Å²) in [5.74, 6) is -0.926. The smallest absolute Gasteiger partial charge is 0.335 e. The maximum Gasteiger partial charge on any atom is 0.335 e. The Labute approximate surface area is 139 Å². The Hall–Kier alpha value is -1.99. The summed E-state index contributed by atoms with van der Waals surface area (Å²) in [6.45, 7) is 6.95. The lowest BCUT2D eigenvalue weighted by Gasteiger charge is -2.10. The van der Waals surface area contributed by atoms with Crippen LogP contribution in [-0.4, -0.2) is 43.5 Å². The minimum absolute atomic E-state index is 0.0856. The topological polar surface area (TPSA) is 81.7 Å². The van der Waals surface area contributed by atoms with Crippen molar-refractivity contribution in [3.63, 3.8) is 0 Å². The molecule has 1 atom stereocenters. The van der Waals surface area contributed by atoms with Crippen LogP contribution in [0.5, 0.6) is 0 Å². The average Bonchev–Trinajstić information content (AvgIpc) is 2.98. The number of hydrogen-bond donors (Lipinski definition) is 1. The van der Waals surface area contributed by atoms with Gasteiger partial charge in [0.15, 0.2) is 12.7 Å². The SMILES string of the molecule is C=CCOC(C)C(=O)OCC(=O)c1ccc(CCNC(C)=O)s1. The highest BCUT2D eigenvalue weighted by Crippen LogP contribution is 2.17. The molecular weight excluding hydrogens is 318 g/mol. The predicted molar refractivity (Wildman–Crippen MR) is 87.6 cm³/mol. The second-order valence-corrected chi connectivity index (χ2v) is 5.96. The van der Waals surface area contributed by atoms with Crippen LogP contribution in [0.2, 0.25) is 0 Å². The third-order valence-electron chi connectivity index (χ3n) is 2.82. The minimum atomic E-state index is -0.739. The summed E-state index contributed by atoms with van der Waals surface area (Å²) in [6, 6.07) is 3.53. The number of ketones is 1. The first-order chi connectivity index (χ1) is 10.9. The molecule has 0 aliphatic carbocycles. The fourth-order valence-corrected chi connectivity index (χ4v) is 2.56. The molecule has 0 radical (unpaired) electrons. The van der Waals surface area contributed by atoms with Gasteiger partial charge in [-0.2, -0.15) is 0 Å². The largest absolute Gasteiger partial charge is 0.455 e. The Morgan fingerprint density at radius 2 is 2.13 bits per heavy atom. The molecule has 1 rings (SSSR count). The van der Waals surface area contributed by atoms with Crippen LogP contribution >= 0.6 is 11.3 Å². The van der Waals surface area contributed by atoms with Crippen molar-refractivity contribution in [1.29, 1.82) is 0 Å². The van der Waals surface area contributed by atoms with Crippen molar-refractivity contribution in [2.45, 2.75) is 26.4 Å². The molecule has 1 amide bonds. The number of thiophene rings is 1. The van der Waals surface area contributed by atoms with Crippen LogP contribution in [0.4, 0.5) is 0 Å². The van der Waals surface area contributed by atoms with Crippen LogP contribution in [0.3, 0.4) is 0 Å². The monoisotopic (exact) mass is 339 g/mol. The Morgan fingerprint density at radius 1 is 1.39 bits per heavy atom. The van der Waals surface area contributed by atoms with Gasteiger partial charge in [0.25, 0.3) is 0 Å². The van der Waals surface area contributed by atoms with Gasteiger partial charge in [0.05, 0.1) is 11.5 Å². The molecule has 0 spiro atoms. The van der Waals surface area contributed by atoms with Gasteiger partial charge in [0.1, 0.15) is 0 Å². The molecule has 0 fully saturated rings. The van der Waals surface area contributed by atoms with E-state index in [4.69, 9.17) is 9.47 Å². The number of rotatable bonds is 10. The molecule has 0 aromatic carbocycles. The summed E-state index contributed by atoms with van der Waals surface area (Å²) in [7, 11) is 0. The zero-order valence-electron chi connectivity index (χ0n) is 13.3. The van der Waals surface area contributed by atoms with E-state index in [2.05, 4.69) is 11.9 Å². The summed E-state index contributed by atoms with van der Waals surface area (Å²) in [6.07, 6.45) is 1.45. The summed E-state index contributed by atoms with van der Waals surface area (Å²) < 4.78 is 10.1. The van der Waals surface area contributed by atoms with Gasteiger partial charge in [-0.25, -0.2) is 4.79 Å². The average molecular weight is 339 g/mol. The van der Waals surface area contributed by atoms with Crippen molar-refractivity contribution in [3.8, 4) is 0 Å². The Bertz CT molecular complexity index is 567. The van der Waals surface area contributed by atoms with Crippen molar-refractivity contribution in [2.24, 2.45) is 0 Å². The normalized spacial score (nSPS) is 11.6. The Balaban J connectivity index is 2.40. The fourth-order valence-electron chi connectivity index (χ4n) is 1.63. The van der Waals surface area contributed by atoms with Crippen LogP contribution in [-0.2, 0) is 25.5 Å². The first-order valence-electron chi connectivity index (χ1n) is 7.19. The number of carbonyl (C=O) groups is 3. The summed E-state index contributed by atoms with van der Waals surface area (Å²) in [5.41, 5.74) is 0. The number of nitrogens with one attached hydrogen (secondary N) is 1. The molecule has 1 N–H and O–H groups in total. The lowest BCUT2D eigenvalue weighted by Crippen LogP contribution is -2.25. The molecule has 1 heterocycles. The van der Waals surface area contributed by atoms with E-state index in [1.54, 1.807) is 13.0 Å². The third kappa shape index (κ3) is 7.21. The van der Waals surface area contributed by atoms with Crippen molar-refractivity contribution in [3.05, 3.63) is 34.5 Å². The molecule has 0 saturated carbocycles. The van der Waals surface area contributed by atoms with E-state index in [1.807, 2.05) is 6.07 Å². The standard InChI is InChI=1S/C16H21NO5S/c1-4-9-21-11(2)16(20)22-10-14(19)15-6-5-13(23-15)7-8-17-12(3)18/h4-6,11H,1,7-10H2,2-3H3,(H,17,18). The van der Waals surface area contributed by atoms with E-state index in [1.165, 1.54) is 24.3 Å². The predicted octanol–water partition coefficient (Wildman–Crippen LogP) is 1.74. The third-order valence-corrected chi connectivity index (χ3v) is 4.01. The van der Waals surface area contributed by atoms with Gasteiger partial charge < -0.3 is 14.8 Å². The van der Waals surface area contributed by atoms with Crippen LogP contribution in [0.25, 0.3) is 0 Å². The Morgan fingerprint density at radius 3 is 2.78 bits per heavy atom. The van der Waals surface area contributed by atoms with Crippen molar-refractivity contribution in [2.75, 3.05) is 19.8 Å². The molecule has 1 aromatic heterocycles. The molecule has 6 nitrogen and oxygen atoms in total. The molecule has 0 bridgehead atoms. The van der Waals surface area contributed by atoms with Gasteiger partial charge in [-0.05, 0) is 25.5 Å². The first-order valence-corrected chi connectivity index (χ1v) is 8.01. The van der Waals surface area contributed by atoms with Gasteiger partial charge in [-0.15, -0.1) is 17.9 Å². The maximum absolute atomic E-state index is 12.0. The van der Waals surface area contributed by atoms with E-state index in [9.17, 15) is 14.4 Å². The molecular formula is C16H21NO5S. The number of Topliss-reactive ketones (excluding diaryl/α,β-unsaturated/α-hetero) is 1. The van der Waals surface area contributed by atoms with E-state index >= 15 is 0 Å². The van der Waals surface area contributed by atoms with Gasteiger partial charge in [0.2, 0.25) is 11.7 Å². The highest BCUT2D eigenvalue weighted by Gasteiger charge is 2.17. The minimum Gasteiger partial charge on any atom is -0.455 e. The summed E-state index contributed by atoms with van der Waals surface area (Å²) >= 11 is 1.33. The van der Waals surface area contributed by atoms with Gasteiger partial charge >= 0.3 is 5.97 Å². The molecule has 0 aliphatic heterocycles. The number of esters is 1. The quantitative estimate of drug-likeness (QED) is 0.399. The zero-order chi connectivity index (χ0) is 17.2. The van der Waals surface area contributed by atoms with Gasteiger partial charge in [-0.3, -0.25) is 9.59 Å². The molecule has 7 heteroatoms. The number of hydrogen-bond acceptors (Lipinski definition) is 6. The van der Waals surface area contributed by atoms with Gasteiger partial charge in [-0.1, -0.05) is 6.08 Å². The molecule has 1 aromatic rings. The van der Waals surface area contributed by atoms with E-state index in [0.29, 0.717) is 17.8 Å². The molecule has 126 valence electrons. The van der Waals surface area contributed by atoms with Crippen LogP contribution in [0.1, 0.15) is 28.4 Å². The van der Waals surface area contributed by atoms with Crippen molar-refractivity contribution < 1.29 is 23.9 Å². The highest BCUT2D eigenvalue weighted by atomic mass is 32.1. The molecule has 0 saturated heterocycles. The molecule has 1 unspecified atom stereocenters. The van der Waals surface area contributed by atoms with Gasteiger partial charge in [0, 0.05) is 18.3 Å². The number of ether oxygens (including phenoxy) is 2. The lowest BCUT2D eigenvalue weighted by molar-refractivity contribution is -0.154. The zero-order valence-corrected chi connectivity index (χ0v) is 14.1. The van der Waals surface area contributed by atoms with Crippen molar-refractivity contribution >= 4 is 29.0 Å².